The summed E-state index contributed by atoms with van der Waals surface area (Å²) in [6.45, 7) is 3.07. The van der Waals surface area contributed by atoms with E-state index in [0.29, 0.717) is 0 Å². The van der Waals surface area contributed by atoms with Gasteiger partial charge in [-0.25, -0.2) is 0 Å². The third kappa shape index (κ3) is 32.0. The molecule has 3 N–H and O–H groups in total. The molecule has 0 saturated carbocycles. The van der Waals surface area contributed by atoms with Crippen LogP contribution in [0.4, 0.5) is 9.59 Å². The van der Waals surface area contributed by atoms with E-state index in [1.165, 1.54) is 51.4 Å². The van der Waals surface area contributed by atoms with Crippen molar-refractivity contribution in [2.45, 2.75) is 64.7 Å². The number of hydrogen-bond acceptors (Lipinski definition) is 2. The van der Waals surface area contributed by atoms with Gasteiger partial charge in [-0.2, -0.15) is 0 Å². The third-order valence-electron chi connectivity index (χ3n) is 2.55. The number of unbranched alkanes of at least 4 members (excludes halogenated alkanes) is 8. The van der Waals surface area contributed by atoms with E-state index in [1.807, 2.05) is 16.0 Å². The van der Waals surface area contributed by atoms with Gasteiger partial charge in [0.25, 0.3) is 0 Å². The molecule has 0 saturated heterocycles. The van der Waals surface area contributed by atoms with Crippen molar-refractivity contribution in [1.29, 1.82) is 0 Å². The van der Waals surface area contributed by atoms with Crippen molar-refractivity contribution in [1.82, 2.24) is 5.32 Å². The molecule has 6 heteroatoms. The molecule has 0 aromatic rings. The van der Waals surface area contributed by atoms with E-state index in [0.717, 1.165) is 13.0 Å². The Bertz CT molecular complexity index is 223. The maximum absolute atomic E-state index is 10.5. The summed E-state index contributed by atoms with van der Waals surface area (Å²) in [5, 5.41) is 2.77. The molecule has 0 fully saturated rings. The molecule has 2 amide bonds. The molecule has 0 heterocycles. The van der Waals surface area contributed by atoms with E-state index in [2.05, 4.69) is 34.0 Å². The molecule has 0 aliphatic rings. The van der Waals surface area contributed by atoms with E-state index < -0.39 is 4.81 Å². The molecule has 0 spiro atoms. The second-order valence-electron chi connectivity index (χ2n) is 4.36. The number of amides is 2. The molecule has 112 valence electrons. The number of nitrogens with one attached hydrogen (secondary N) is 1. The molecule has 0 aromatic carbocycles. The van der Waals surface area contributed by atoms with Gasteiger partial charge in [0, 0.05) is 0 Å². The van der Waals surface area contributed by atoms with Crippen LogP contribution < -0.4 is 11.1 Å². The Morgan fingerprint density at radius 1 is 0.895 bits per heavy atom. The first kappa shape index (κ1) is 21.3. The molecule has 0 bridgehead atoms. The van der Waals surface area contributed by atoms with Gasteiger partial charge >= 0.3 is 127 Å². The molecular weight excluding hydrogens is 374 g/mol. The number of carbonyl (C=O) groups excluding carboxylic acids is 2. The van der Waals surface area contributed by atoms with E-state index in [9.17, 15) is 4.79 Å². The third-order valence-corrected chi connectivity index (χ3v) is 2.85. The number of hydrogen-bond donors (Lipinski definition) is 2. The van der Waals surface area contributed by atoms with Gasteiger partial charge in [0.05, 0.1) is 0 Å². The van der Waals surface area contributed by atoms with Gasteiger partial charge in [0.15, 0.2) is 0 Å². The number of nitrogens with two attached hydrogens (primary N) is 1. The fourth-order valence-corrected chi connectivity index (χ4v) is 1.84. The van der Waals surface area contributed by atoms with Crippen LogP contribution in [0.25, 0.3) is 0 Å². The Hall–Kier alpha value is -0.0210. The summed E-state index contributed by atoms with van der Waals surface area (Å²) >= 11 is 4.46. The van der Waals surface area contributed by atoms with Crippen LogP contribution in [0, 0.1) is 0 Å². The molecule has 0 aliphatic carbocycles. The zero-order chi connectivity index (χ0) is 14.9. The monoisotopic (exact) mass is 402 g/mol. The first-order valence-corrected chi connectivity index (χ1v) is 8.63. The molecular formula is C13H26N2O2Se2. The van der Waals surface area contributed by atoms with Gasteiger partial charge in [-0.05, 0) is 0 Å². The topological polar surface area (TPSA) is 72.2 Å². The summed E-state index contributed by atoms with van der Waals surface area (Å²) in [5.74, 6) is 0. The Balaban J connectivity index is 0. The average molecular weight is 400 g/mol. The molecule has 2 radical (unpaired) electrons. The van der Waals surface area contributed by atoms with E-state index in [1.54, 1.807) is 0 Å². The Morgan fingerprint density at radius 2 is 1.26 bits per heavy atom. The van der Waals surface area contributed by atoms with Crippen LogP contribution >= 0.6 is 0 Å². The maximum atomic E-state index is 10.5. The van der Waals surface area contributed by atoms with Gasteiger partial charge in [-0.15, -0.1) is 0 Å². The summed E-state index contributed by atoms with van der Waals surface area (Å²) in [5.41, 5.74) is 4.42. The second kappa shape index (κ2) is 18.0. The van der Waals surface area contributed by atoms with Crippen LogP contribution in [0.2, 0.25) is 0 Å². The number of primary amides is 1. The van der Waals surface area contributed by atoms with Crippen molar-refractivity contribution in [3.05, 3.63) is 0 Å². The first-order valence-electron chi connectivity index (χ1n) is 6.92. The molecule has 0 aliphatic heterocycles. The molecule has 0 unspecified atom stereocenters. The quantitative estimate of drug-likeness (QED) is 0.437. The van der Waals surface area contributed by atoms with Gasteiger partial charge in [-0.1, -0.05) is 6.92 Å². The van der Waals surface area contributed by atoms with Crippen LogP contribution in [0.15, 0.2) is 0 Å². The van der Waals surface area contributed by atoms with E-state index in [4.69, 9.17) is 4.79 Å². The van der Waals surface area contributed by atoms with Crippen LogP contribution in [0.3, 0.4) is 0 Å². The van der Waals surface area contributed by atoms with Crippen molar-refractivity contribution in [3.63, 3.8) is 0 Å². The summed E-state index contributed by atoms with van der Waals surface area (Å²) in [4.78, 5) is 19.2. The van der Waals surface area contributed by atoms with Crippen LogP contribution in [0.1, 0.15) is 64.7 Å². The van der Waals surface area contributed by atoms with Crippen molar-refractivity contribution in [2.75, 3.05) is 6.54 Å². The van der Waals surface area contributed by atoms with Crippen molar-refractivity contribution < 1.29 is 9.59 Å². The summed E-state index contributed by atoms with van der Waals surface area (Å²) in [6, 6.07) is 0. The van der Waals surface area contributed by atoms with Crippen LogP contribution in [-0.2, 0) is 0 Å². The summed E-state index contributed by atoms with van der Waals surface area (Å²) in [6.07, 6.45) is 11.9. The standard InChI is InChI=1S/C12H24NOSe.CH2NOSe/c1-2-3-4-5-6-7-8-9-10-11-13-12(14)15;2-1(3)4/h2-11H2,1H3,(H,13,14);(H2,2,3). The van der Waals surface area contributed by atoms with Crippen molar-refractivity contribution in [2.24, 2.45) is 5.73 Å². The molecule has 0 rings (SSSR count). The van der Waals surface area contributed by atoms with Crippen molar-refractivity contribution >= 4 is 41.6 Å². The van der Waals surface area contributed by atoms with Gasteiger partial charge in [0.2, 0.25) is 0 Å². The fourth-order valence-electron chi connectivity index (χ4n) is 1.63. The fraction of sp³-hybridized carbons (Fsp3) is 0.846. The second-order valence-corrected chi connectivity index (χ2v) is 5.98. The predicted molar refractivity (Wildman–Crippen MR) is 81.7 cm³/mol. The minimum atomic E-state index is -0.458. The average Bonchev–Trinajstić information content (AvgIpc) is 2.30. The zero-order valence-corrected chi connectivity index (χ0v) is 15.2. The van der Waals surface area contributed by atoms with Crippen LogP contribution in [-0.4, -0.2) is 48.2 Å². The zero-order valence-electron chi connectivity index (χ0n) is 11.8. The Kier molecular flexibility index (Phi) is 20.1. The van der Waals surface area contributed by atoms with Gasteiger partial charge < -0.3 is 0 Å². The SMILES string of the molecule is CCCCCCCCCCCNC(=O)[Se].NC(=O)[Se]. The molecule has 19 heavy (non-hydrogen) atoms. The Morgan fingerprint density at radius 3 is 1.63 bits per heavy atom. The normalized spacial score (nSPS) is 9.32. The van der Waals surface area contributed by atoms with E-state index in [-0.39, 0.29) is 4.81 Å². The Labute approximate surface area is 133 Å². The number of rotatable bonds is 10. The molecule has 4 nitrogen and oxygen atoms in total. The summed E-state index contributed by atoms with van der Waals surface area (Å²) < 4.78 is 0. The van der Waals surface area contributed by atoms with Crippen LogP contribution in [0.5, 0.6) is 0 Å². The first-order chi connectivity index (χ1) is 9.00. The summed E-state index contributed by atoms with van der Waals surface area (Å²) in [7, 11) is 0. The van der Waals surface area contributed by atoms with Gasteiger partial charge in [0.1, 0.15) is 0 Å². The predicted octanol–water partition coefficient (Wildman–Crippen LogP) is 2.63. The minimum absolute atomic E-state index is 0.0328. The van der Waals surface area contributed by atoms with Crippen molar-refractivity contribution in [3.8, 4) is 0 Å². The molecule has 0 aromatic heterocycles. The van der Waals surface area contributed by atoms with E-state index >= 15 is 0 Å². The molecule has 0 atom stereocenters. The number of carbonyl (C=O) groups is 2. The van der Waals surface area contributed by atoms with Gasteiger partial charge in [-0.3, -0.25) is 0 Å².